The van der Waals surface area contributed by atoms with Crippen molar-refractivity contribution in [2.24, 2.45) is 5.10 Å². The van der Waals surface area contributed by atoms with E-state index in [0.29, 0.717) is 4.47 Å². The van der Waals surface area contributed by atoms with E-state index < -0.39 is 17.6 Å². The smallest absolute Gasteiger partial charge is 0.354 e. The van der Waals surface area contributed by atoms with Crippen molar-refractivity contribution in [3.63, 3.8) is 0 Å². The summed E-state index contributed by atoms with van der Waals surface area (Å²) in [5, 5.41) is 3.62. The molecule has 0 unspecified atom stereocenters. The van der Waals surface area contributed by atoms with Crippen molar-refractivity contribution in [1.82, 2.24) is 0 Å². The third-order valence-electron chi connectivity index (χ3n) is 1.91. The molecule has 0 atom stereocenters. The van der Waals surface area contributed by atoms with E-state index in [9.17, 15) is 13.6 Å². The Morgan fingerprint density at radius 1 is 1.50 bits per heavy atom. The molecule has 0 aliphatic carbocycles. The van der Waals surface area contributed by atoms with Crippen LogP contribution in [0.4, 0.5) is 14.5 Å². The first kappa shape index (κ1) is 14.6. The Hall–Kier alpha value is -1.50. The van der Waals surface area contributed by atoms with Crippen molar-refractivity contribution in [1.29, 1.82) is 0 Å². The molecule has 0 fully saturated rings. The van der Waals surface area contributed by atoms with Crippen LogP contribution in [0.1, 0.15) is 13.8 Å². The van der Waals surface area contributed by atoms with Gasteiger partial charge in [0.2, 0.25) is 0 Å². The van der Waals surface area contributed by atoms with Crippen LogP contribution in [-0.2, 0) is 9.53 Å². The molecular formula is C11H11BrF2N2O2. The first-order valence-corrected chi connectivity index (χ1v) is 5.87. The first-order valence-electron chi connectivity index (χ1n) is 5.07. The number of ether oxygens (including phenoxy) is 1. The number of carbonyl (C=O) groups is 1. The highest BCUT2D eigenvalue weighted by atomic mass is 79.9. The Bertz CT molecular complexity index is 492. The van der Waals surface area contributed by atoms with E-state index in [4.69, 9.17) is 0 Å². The number of hydrazone groups is 1. The second-order valence-corrected chi connectivity index (χ2v) is 4.19. The highest BCUT2D eigenvalue weighted by Crippen LogP contribution is 2.23. The van der Waals surface area contributed by atoms with Crippen molar-refractivity contribution in [2.45, 2.75) is 13.8 Å². The summed E-state index contributed by atoms with van der Waals surface area (Å²) >= 11 is 3.02. The minimum atomic E-state index is -1.07. The maximum atomic E-state index is 13.3. The molecule has 0 saturated heterocycles. The zero-order chi connectivity index (χ0) is 13.7. The molecule has 0 aliphatic rings. The number of rotatable bonds is 4. The van der Waals surface area contributed by atoms with Gasteiger partial charge in [0.15, 0.2) is 11.6 Å². The molecule has 0 amide bonds. The van der Waals surface area contributed by atoms with Crippen LogP contribution in [0.25, 0.3) is 0 Å². The van der Waals surface area contributed by atoms with Crippen LogP contribution in [0.5, 0.6) is 0 Å². The molecular weight excluding hydrogens is 310 g/mol. The molecule has 18 heavy (non-hydrogen) atoms. The van der Waals surface area contributed by atoms with Gasteiger partial charge in [0.1, 0.15) is 5.71 Å². The van der Waals surface area contributed by atoms with Crippen LogP contribution in [-0.4, -0.2) is 18.3 Å². The summed E-state index contributed by atoms with van der Waals surface area (Å²) in [4.78, 5) is 11.2. The van der Waals surface area contributed by atoms with E-state index in [-0.39, 0.29) is 18.0 Å². The third kappa shape index (κ3) is 3.76. The van der Waals surface area contributed by atoms with Gasteiger partial charge in [-0.1, -0.05) is 15.9 Å². The molecule has 0 aromatic heterocycles. The summed E-state index contributed by atoms with van der Waals surface area (Å²) in [7, 11) is 0. The molecule has 0 saturated carbocycles. The van der Waals surface area contributed by atoms with E-state index in [0.717, 1.165) is 6.07 Å². The average molecular weight is 321 g/mol. The highest BCUT2D eigenvalue weighted by Gasteiger charge is 2.11. The predicted molar refractivity (Wildman–Crippen MR) is 67.4 cm³/mol. The summed E-state index contributed by atoms with van der Waals surface area (Å²) in [6.45, 7) is 3.27. The summed E-state index contributed by atoms with van der Waals surface area (Å²) in [5.74, 6) is -2.71. The van der Waals surface area contributed by atoms with Crippen molar-refractivity contribution < 1.29 is 18.3 Å². The van der Waals surface area contributed by atoms with E-state index in [1.807, 2.05) is 0 Å². The number of halogens is 3. The normalized spacial score (nSPS) is 11.3. The fraction of sp³-hybridized carbons (Fsp3) is 0.273. The number of hydrogen-bond acceptors (Lipinski definition) is 4. The molecule has 0 aliphatic heterocycles. The highest BCUT2D eigenvalue weighted by molar-refractivity contribution is 9.10. The minimum Gasteiger partial charge on any atom is -0.461 e. The maximum Gasteiger partial charge on any atom is 0.354 e. The van der Waals surface area contributed by atoms with Gasteiger partial charge in [0.05, 0.1) is 12.3 Å². The molecule has 0 radical (unpaired) electrons. The Kier molecular flexibility index (Phi) is 5.21. The maximum absolute atomic E-state index is 13.3. The number of anilines is 1. The summed E-state index contributed by atoms with van der Waals surface area (Å²) in [5.41, 5.74) is 2.11. The molecule has 1 rings (SSSR count). The van der Waals surface area contributed by atoms with E-state index in [1.54, 1.807) is 6.92 Å². The van der Waals surface area contributed by atoms with Gasteiger partial charge in [-0.05, 0) is 26.0 Å². The van der Waals surface area contributed by atoms with E-state index in [2.05, 4.69) is 31.2 Å². The summed E-state index contributed by atoms with van der Waals surface area (Å²) < 4.78 is 31.4. The van der Waals surface area contributed by atoms with Crippen molar-refractivity contribution in [2.75, 3.05) is 12.0 Å². The van der Waals surface area contributed by atoms with Gasteiger partial charge in [-0.25, -0.2) is 13.6 Å². The predicted octanol–water partition coefficient (Wildman–Crippen LogP) is 3.08. The monoisotopic (exact) mass is 320 g/mol. The van der Waals surface area contributed by atoms with Crippen LogP contribution < -0.4 is 5.43 Å². The molecule has 0 heterocycles. The van der Waals surface area contributed by atoms with Gasteiger partial charge in [-0.3, -0.25) is 5.43 Å². The van der Waals surface area contributed by atoms with Gasteiger partial charge in [-0.2, -0.15) is 5.10 Å². The van der Waals surface area contributed by atoms with Gasteiger partial charge in [-0.15, -0.1) is 0 Å². The van der Waals surface area contributed by atoms with Crippen molar-refractivity contribution in [3.8, 4) is 0 Å². The minimum absolute atomic E-state index is 0.0108. The van der Waals surface area contributed by atoms with E-state index in [1.165, 1.54) is 13.0 Å². The van der Waals surface area contributed by atoms with E-state index >= 15 is 0 Å². The molecule has 0 bridgehead atoms. The molecule has 1 aromatic rings. The Labute approximate surface area is 111 Å². The number of benzene rings is 1. The lowest BCUT2D eigenvalue weighted by Gasteiger charge is -2.05. The lowest BCUT2D eigenvalue weighted by molar-refractivity contribution is -0.135. The number of nitrogens with one attached hydrogen (secondary N) is 1. The Morgan fingerprint density at radius 2 is 2.17 bits per heavy atom. The van der Waals surface area contributed by atoms with Gasteiger partial charge in [0, 0.05) is 4.47 Å². The lowest BCUT2D eigenvalue weighted by atomic mass is 10.3. The van der Waals surface area contributed by atoms with Crippen LogP contribution in [0.2, 0.25) is 0 Å². The SMILES string of the molecule is CCOC(=O)C(C)=NNc1cc(Br)cc(F)c1F. The summed E-state index contributed by atoms with van der Waals surface area (Å²) in [6.07, 6.45) is 0. The Balaban J connectivity index is 2.86. The second-order valence-electron chi connectivity index (χ2n) is 3.28. The largest absolute Gasteiger partial charge is 0.461 e. The Morgan fingerprint density at radius 3 is 2.78 bits per heavy atom. The first-order chi connectivity index (χ1) is 8.45. The zero-order valence-corrected chi connectivity index (χ0v) is 11.3. The van der Waals surface area contributed by atoms with Crippen molar-refractivity contribution >= 4 is 33.3 Å². The van der Waals surface area contributed by atoms with Crippen LogP contribution in [0.3, 0.4) is 0 Å². The molecule has 7 heteroatoms. The fourth-order valence-electron chi connectivity index (χ4n) is 1.06. The molecule has 0 spiro atoms. The van der Waals surface area contributed by atoms with Gasteiger partial charge >= 0.3 is 5.97 Å². The molecule has 98 valence electrons. The van der Waals surface area contributed by atoms with Crippen LogP contribution in [0.15, 0.2) is 21.7 Å². The van der Waals surface area contributed by atoms with Gasteiger partial charge < -0.3 is 4.74 Å². The lowest BCUT2D eigenvalue weighted by Crippen LogP contribution is -2.15. The number of hydrogen-bond donors (Lipinski definition) is 1. The number of carbonyl (C=O) groups excluding carboxylic acids is 1. The fourth-order valence-corrected chi connectivity index (χ4v) is 1.49. The van der Waals surface area contributed by atoms with Crippen LogP contribution >= 0.6 is 15.9 Å². The van der Waals surface area contributed by atoms with Crippen molar-refractivity contribution in [3.05, 3.63) is 28.2 Å². The molecule has 4 nitrogen and oxygen atoms in total. The molecule has 1 N–H and O–H groups in total. The molecule has 1 aromatic carbocycles. The van der Waals surface area contributed by atoms with Gasteiger partial charge in [0.25, 0.3) is 0 Å². The second kappa shape index (κ2) is 6.44. The quantitative estimate of drug-likeness (QED) is 0.401. The number of nitrogens with zero attached hydrogens (tertiary/aromatic N) is 1. The third-order valence-corrected chi connectivity index (χ3v) is 2.37. The summed E-state index contributed by atoms with van der Waals surface area (Å²) in [6, 6.07) is 2.29. The number of esters is 1. The standard InChI is InChI=1S/C11H11BrF2N2O2/c1-3-18-11(17)6(2)15-16-9-5-7(12)4-8(13)10(9)14/h4-5,16H,3H2,1-2H3. The van der Waals surface area contributed by atoms with Crippen LogP contribution in [0, 0.1) is 11.6 Å². The average Bonchev–Trinajstić information content (AvgIpc) is 2.31. The topological polar surface area (TPSA) is 50.7 Å². The zero-order valence-electron chi connectivity index (χ0n) is 9.76.